The Bertz CT molecular complexity index is 411. The molecule has 0 radical (unpaired) electrons. The molecule has 0 aliphatic heterocycles. The van der Waals surface area contributed by atoms with Crippen molar-refractivity contribution < 1.29 is 19.4 Å². The van der Waals surface area contributed by atoms with Crippen LogP contribution in [0.1, 0.15) is 52.4 Å². The van der Waals surface area contributed by atoms with Crippen LogP contribution in [0.15, 0.2) is 0 Å². The molecule has 3 atom stereocenters. The first kappa shape index (κ1) is 20.6. The molecule has 7 heteroatoms. The number of rotatable bonds is 9. The molecule has 23 heavy (non-hydrogen) atoms. The van der Waals surface area contributed by atoms with Crippen LogP contribution in [0.5, 0.6) is 0 Å². The van der Waals surface area contributed by atoms with Crippen LogP contribution in [0, 0.1) is 11.8 Å². The Morgan fingerprint density at radius 2 is 1.91 bits per heavy atom. The summed E-state index contributed by atoms with van der Waals surface area (Å²) in [6.07, 6.45) is 5.13. The summed E-state index contributed by atoms with van der Waals surface area (Å²) in [6.45, 7) is 3.93. The Kier molecular flexibility index (Phi) is 8.76. The van der Waals surface area contributed by atoms with Crippen LogP contribution < -0.4 is 11.1 Å². The molecule has 0 saturated heterocycles. The Morgan fingerprint density at radius 1 is 1.30 bits per heavy atom. The van der Waals surface area contributed by atoms with Gasteiger partial charge in [-0.2, -0.15) is 0 Å². The maximum atomic E-state index is 12.3. The topological polar surface area (TPSA) is 113 Å². The third kappa shape index (κ3) is 8.85. The van der Waals surface area contributed by atoms with E-state index >= 15 is 0 Å². The second kappa shape index (κ2) is 9.77. The van der Waals surface area contributed by atoms with Crippen molar-refractivity contribution in [1.29, 1.82) is 0 Å². The number of hydrogen-bond donors (Lipinski definition) is 4. The normalized spacial score (nSPS) is 21.7. The molecule has 1 unspecified atom stereocenters. The molecular formula is C16H33N2O4P. The van der Waals surface area contributed by atoms with Crippen LogP contribution >= 0.6 is 7.37 Å². The van der Waals surface area contributed by atoms with Crippen LogP contribution in [0.25, 0.3) is 0 Å². The summed E-state index contributed by atoms with van der Waals surface area (Å²) in [5.41, 5.74) is 5.76. The van der Waals surface area contributed by atoms with Crippen LogP contribution in [-0.2, 0) is 9.36 Å². The van der Waals surface area contributed by atoms with E-state index in [-0.39, 0.29) is 24.8 Å². The number of carbonyl (C=O) groups excluding carboxylic acids is 1. The van der Waals surface area contributed by atoms with Gasteiger partial charge >= 0.3 is 0 Å². The lowest BCUT2D eigenvalue weighted by molar-refractivity contribution is -0.123. The van der Waals surface area contributed by atoms with Crippen LogP contribution in [-0.4, -0.2) is 46.9 Å². The predicted octanol–water partition coefficient (Wildman–Crippen LogP) is 1.69. The number of hydrogen-bond acceptors (Lipinski definition) is 4. The van der Waals surface area contributed by atoms with Crippen molar-refractivity contribution in [2.75, 3.05) is 18.9 Å². The van der Waals surface area contributed by atoms with Crippen molar-refractivity contribution in [2.24, 2.45) is 17.6 Å². The Balaban J connectivity index is 2.32. The van der Waals surface area contributed by atoms with E-state index in [1.807, 2.05) is 13.8 Å². The SMILES string of the molecule is CC(C)C[C@H](N)C(=O)NC[C@H](O)CP(=O)(O)CC1CCCCC1. The number of nitrogens with one attached hydrogen (secondary N) is 1. The van der Waals surface area contributed by atoms with Gasteiger partial charge in [-0.1, -0.05) is 33.1 Å². The lowest BCUT2D eigenvalue weighted by Gasteiger charge is -2.25. The number of nitrogens with two attached hydrogens (primary N) is 1. The fourth-order valence-corrected chi connectivity index (χ4v) is 5.31. The molecule has 1 fully saturated rings. The fourth-order valence-electron chi connectivity index (χ4n) is 3.21. The summed E-state index contributed by atoms with van der Waals surface area (Å²) < 4.78 is 12.3. The molecule has 6 nitrogen and oxygen atoms in total. The molecule has 1 aliphatic rings. The standard InChI is InChI=1S/C16H33N2O4P/c1-12(2)8-15(17)16(20)18-9-14(19)11-23(21,22)10-13-6-4-3-5-7-13/h12-15,19H,3-11,17H2,1-2H3,(H,18,20)(H,21,22)/t14-,15-/m0/s1. The van der Waals surface area contributed by atoms with Gasteiger partial charge in [0.05, 0.1) is 18.3 Å². The van der Waals surface area contributed by atoms with Crippen molar-refractivity contribution in [2.45, 2.75) is 64.5 Å². The van der Waals surface area contributed by atoms with Crippen molar-refractivity contribution >= 4 is 13.3 Å². The van der Waals surface area contributed by atoms with E-state index in [1.54, 1.807) is 0 Å². The van der Waals surface area contributed by atoms with Crippen molar-refractivity contribution in [3.8, 4) is 0 Å². The molecular weight excluding hydrogens is 315 g/mol. The molecule has 1 rings (SSSR count). The Labute approximate surface area is 139 Å². The zero-order chi connectivity index (χ0) is 17.5. The van der Waals surface area contributed by atoms with E-state index in [0.29, 0.717) is 18.3 Å². The van der Waals surface area contributed by atoms with Gasteiger partial charge in [0.2, 0.25) is 13.3 Å². The average molecular weight is 348 g/mol. The molecule has 0 spiro atoms. The summed E-state index contributed by atoms with van der Waals surface area (Å²) in [7, 11) is -3.36. The zero-order valence-corrected chi connectivity index (χ0v) is 15.3. The van der Waals surface area contributed by atoms with Crippen LogP contribution in [0.2, 0.25) is 0 Å². The monoisotopic (exact) mass is 348 g/mol. The second-order valence-corrected chi connectivity index (χ2v) is 9.77. The Morgan fingerprint density at radius 3 is 2.48 bits per heavy atom. The number of carbonyl (C=O) groups is 1. The minimum atomic E-state index is -3.36. The van der Waals surface area contributed by atoms with E-state index in [1.165, 1.54) is 6.42 Å². The minimum Gasteiger partial charge on any atom is -0.391 e. The highest BCUT2D eigenvalue weighted by Crippen LogP contribution is 2.45. The Hall–Kier alpha value is -0.420. The molecule has 0 aromatic rings. The van der Waals surface area contributed by atoms with Crippen molar-refractivity contribution in [3.05, 3.63) is 0 Å². The van der Waals surface area contributed by atoms with Gasteiger partial charge in [0.15, 0.2) is 0 Å². The van der Waals surface area contributed by atoms with E-state index in [9.17, 15) is 19.4 Å². The van der Waals surface area contributed by atoms with Gasteiger partial charge in [0, 0.05) is 12.7 Å². The highest BCUT2D eigenvalue weighted by Gasteiger charge is 2.28. The van der Waals surface area contributed by atoms with E-state index in [4.69, 9.17) is 5.73 Å². The lowest BCUT2D eigenvalue weighted by atomic mass is 9.91. The molecule has 0 bridgehead atoms. The molecule has 0 aromatic heterocycles. The maximum Gasteiger partial charge on any atom is 0.237 e. The van der Waals surface area contributed by atoms with Crippen molar-refractivity contribution in [1.82, 2.24) is 5.32 Å². The van der Waals surface area contributed by atoms with Crippen LogP contribution in [0.3, 0.4) is 0 Å². The summed E-state index contributed by atoms with van der Waals surface area (Å²) in [5.74, 6) is 0.285. The zero-order valence-electron chi connectivity index (χ0n) is 14.4. The predicted molar refractivity (Wildman–Crippen MR) is 92.6 cm³/mol. The minimum absolute atomic E-state index is 0.0279. The smallest absolute Gasteiger partial charge is 0.237 e. The highest BCUT2D eigenvalue weighted by atomic mass is 31.2. The van der Waals surface area contributed by atoms with E-state index in [2.05, 4.69) is 5.32 Å². The first-order valence-electron chi connectivity index (χ1n) is 8.72. The second-order valence-electron chi connectivity index (χ2n) is 7.35. The summed E-state index contributed by atoms with van der Waals surface area (Å²) in [4.78, 5) is 21.9. The third-order valence-corrected chi connectivity index (χ3v) is 6.42. The fraction of sp³-hybridized carbons (Fsp3) is 0.938. The molecule has 1 saturated carbocycles. The molecule has 1 aliphatic carbocycles. The maximum absolute atomic E-state index is 12.3. The largest absolute Gasteiger partial charge is 0.391 e. The van der Waals surface area contributed by atoms with Gasteiger partial charge < -0.3 is 21.1 Å². The summed E-state index contributed by atoms with van der Waals surface area (Å²) >= 11 is 0. The molecule has 136 valence electrons. The summed E-state index contributed by atoms with van der Waals surface area (Å²) in [6, 6.07) is -0.606. The number of aliphatic hydroxyl groups is 1. The lowest BCUT2D eigenvalue weighted by Crippen LogP contribution is -2.44. The van der Waals surface area contributed by atoms with Gasteiger partial charge in [-0.15, -0.1) is 0 Å². The number of amides is 1. The van der Waals surface area contributed by atoms with E-state index in [0.717, 1.165) is 25.7 Å². The van der Waals surface area contributed by atoms with Gasteiger partial charge in [0.25, 0.3) is 0 Å². The highest BCUT2D eigenvalue weighted by molar-refractivity contribution is 7.58. The van der Waals surface area contributed by atoms with Crippen molar-refractivity contribution in [3.63, 3.8) is 0 Å². The average Bonchev–Trinajstić information content (AvgIpc) is 2.43. The van der Waals surface area contributed by atoms with Gasteiger partial charge in [-0.25, -0.2) is 0 Å². The molecule has 5 N–H and O–H groups in total. The van der Waals surface area contributed by atoms with Gasteiger partial charge in [-0.05, 0) is 31.1 Å². The quantitative estimate of drug-likeness (QED) is 0.474. The number of aliphatic hydroxyl groups excluding tert-OH is 1. The van der Waals surface area contributed by atoms with Crippen LogP contribution in [0.4, 0.5) is 0 Å². The van der Waals surface area contributed by atoms with E-state index < -0.39 is 19.5 Å². The van der Waals surface area contributed by atoms with Gasteiger partial charge in [-0.3, -0.25) is 9.36 Å². The first-order valence-corrected chi connectivity index (χ1v) is 10.7. The molecule has 1 amide bonds. The summed E-state index contributed by atoms with van der Waals surface area (Å²) in [5, 5.41) is 12.5. The molecule has 0 heterocycles. The third-order valence-electron chi connectivity index (χ3n) is 4.34. The van der Waals surface area contributed by atoms with Gasteiger partial charge in [0.1, 0.15) is 0 Å². The molecule has 0 aromatic carbocycles. The first-order chi connectivity index (χ1) is 10.7.